The van der Waals surface area contributed by atoms with Crippen molar-refractivity contribution in [3.63, 3.8) is 0 Å². The summed E-state index contributed by atoms with van der Waals surface area (Å²) in [4.78, 5) is 11.5. The summed E-state index contributed by atoms with van der Waals surface area (Å²) in [6.07, 6.45) is 1.77. The average molecular weight is 317 g/mol. The van der Waals surface area contributed by atoms with Crippen molar-refractivity contribution in [1.29, 1.82) is 0 Å². The lowest BCUT2D eigenvalue weighted by atomic mass is 10.1. The van der Waals surface area contributed by atoms with E-state index in [1.807, 2.05) is 13.8 Å². The highest BCUT2D eigenvalue weighted by atomic mass is 35.5. The van der Waals surface area contributed by atoms with Crippen LogP contribution in [-0.2, 0) is 15.5 Å². The molecule has 0 aliphatic carbocycles. The third kappa shape index (κ3) is 3.59. The zero-order valence-corrected chi connectivity index (χ0v) is 13.0. The predicted molar refractivity (Wildman–Crippen MR) is 77.9 cm³/mol. The van der Waals surface area contributed by atoms with E-state index < -0.39 is 16.8 Å². The van der Waals surface area contributed by atoms with Crippen molar-refractivity contribution in [2.24, 2.45) is 0 Å². The van der Waals surface area contributed by atoms with Gasteiger partial charge in [0.05, 0.1) is 38.8 Å². The van der Waals surface area contributed by atoms with Crippen molar-refractivity contribution >= 4 is 28.4 Å². The Morgan fingerprint density at radius 3 is 2.80 bits per heavy atom. The number of carboxylic acid groups (broad SMARTS) is 1. The van der Waals surface area contributed by atoms with Gasteiger partial charge in [0, 0.05) is 4.90 Å². The predicted octanol–water partition coefficient (Wildman–Crippen LogP) is 3.10. The van der Waals surface area contributed by atoms with Gasteiger partial charge in [0.15, 0.2) is 0 Å². The molecular weight excluding hydrogens is 300 g/mol. The smallest absolute Gasteiger partial charge is 0.337 e. The first-order valence-electron chi connectivity index (χ1n) is 6.37. The molecule has 20 heavy (non-hydrogen) atoms. The third-order valence-electron chi connectivity index (χ3n) is 3.32. The van der Waals surface area contributed by atoms with Gasteiger partial charge in [0.1, 0.15) is 0 Å². The second kappa shape index (κ2) is 5.84. The Labute approximate surface area is 125 Å². The summed E-state index contributed by atoms with van der Waals surface area (Å²) in [6, 6.07) is 4.45. The fourth-order valence-corrected chi connectivity index (χ4v) is 3.70. The Morgan fingerprint density at radius 1 is 1.55 bits per heavy atom. The summed E-state index contributed by atoms with van der Waals surface area (Å²) in [5.74, 6) is -0.739. The fourth-order valence-electron chi connectivity index (χ4n) is 2.27. The molecule has 1 saturated heterocycles. The molecule has 4 nitrogen and oxygen atoms in total. The molecule has 6 heteroatoms. The molecule has 2 rings (SSSR count). The van der Waals surface area contributed by atoms with Crippen LogP contribution in [0.2, 0.25) is 5.02 Å². The largest absolute Gasteiger partial charge is 0.478 e. The lowest BCUT2D eigenvalue weighted by Crippen LogP contribution is -2.23. The Morgan fingerprint density at radius 2 is 2.25 bits per heavy atom. The van der Waals surface area contributed by atoms with Gasteiger partial charge in [-0.3, -0.25) is 4.21 Å². The number of rotatable bonds is 4. The summed E-state index contributed by atoms with van der Waals surface area (Å²) in [5.41, 5.74) is -0.189. The molecule has 110 valence electrons. The zero-order chi connectivity index (χ0) is 14.9. The van der Waals surface area contributed by atoms with E-state index in [2.05, 4.69) is 0 Å². The zero-order valence-electron chi connectivity index (χ0n) is 11.4. The quantitative estimate of drug-likeness (QED) is 0.927. The lowest BCUT2D eigenvalue weighted by Gasteiger charge is -2.19. The van der Waals surface area contributed by atoms with Crippen molar-refractivity contribution < 1.29 is 18.8 Å². The molecular formula is C14H17ClO4S. The second-order valence-corrected chi connectivity index (χ2v) is 7.40. The number of carbonyl (C=O) groups is 1. The molecule has 1 aromatic carbocycles. The van der Waals surface area contributed by atoms with Crippen LogP contribution in [0.15, 0.2) is 23.1 Å². The average Bonchev–Trinajstić information content (AvgIpc) is 2.68. The van der Waals surface area contributed by atoms with Crippen LogP contribution in [0.1, 0.15) is 37.0 Å². The van der Waals surface area contributed by atoms with Crippen LogP contribution in [0.4, 0.5) is 0 Å². The summed E-state index contributed by atoms with van der Waals surface area (Å²) in [7, 11) is -1.29. The first-order chi connectivity index (χ1) is 9.28. The minimum Gasteiger partial charge on any atom is -0.478 e. The molecule has 1 fully saturated rings. The summed E-state index contributed by atoms with van der Waals surface area (Å²) in [5, 5.41) is 9.17. The minimum atomic E-state index is -1.29. The molecule has 2 unspecified atom stereocenters. The van der Waals surface area contributed by atoms with E-state index in [0.717, 1.165) is 12.8 Å². The van der Waals surface area contributed by atoms with Crippen LogP contribution in [-0.4, -0.2) is 32.7 Å². The van der Waals surface area contributed by atoms with Crippen molar-refractivity contribution in [1.82, 2.24) is 0 Å². The van der Waals surface area contributed by atoms with Crippen molar-refractivity contribution in [3.05, 3.63) is 28.8 Å². The van der Waals surface area contributed by atoms with Crippen LogP contribution in [0.25, 0.3) is 0 Å². The number of halogens is 1. The Hall–Kier alpha value is -0.910. The molecule has 0 saturated carbocycles. The van der Waals surface area contributed by atoms with Gasteiger partial charge < -0.3 is 9.84 Å². The summed E-state index contributed by atoms with van der Waals surface area (Å²) < 4.78 is 18.1. The number of hydrogen-bond donors (Lipinski definition) is 1. The van der Waals surface area contributed by atoms with Crippen LogP contribution < -0.4 is 0 Å². The van der Waals surface area contributed by atoms with Gasteiger partial charge in [-0.15, -0.1) is 0 Å². The Balaban J connectivity index is 2.10. The SMILES string of the molecule is CC1(C)CCC(CS(=O)c2ccc(Cl)c(C(=O)O)c2)O1. The Bertz CT molecular complexity index is 556. The Kier molecular flexibility index (Phi) is 4.52. The second-order valence-electron chi connectivity index (χ2n) is 5.50. The van der Waals surface area contributed by atoms with E-state index in [1.54, 1.807) is 6.07 Å². The molecule has 0 spiro atoms. The lowest BCUT2D eigenvalue weighted by molar-refractivity contribution is -0.00498. The molecule has 0 aromatic heterocycles. The van der Waals surface area contributed by atoms with Crippen molar-refractivity contribution in [3.8, 4) is 0 Å². The first-order valence-corrected chi connectivity index (χ1v) is 8.07. The van der Waals surface area contributed by atoms with Gasteiger partial charge in [-0.2, -0.15) is 0 Å². The summed E-state index contributed by atoms with van der Waals surface area (Å²) >= 11 is 5.80. The van der Waals surface area contributed by atoms with E-state index in [9.17, 15) is 9.00 Å². The van der Waals surface area contributed by atoms with E-state index >= 15 is 0 Å². The van der Waals surface area contributed by atoms with Crippen LogP contribution >= 0.6 is 11.6 Å². The first kappa shape index (κ1) is 15.5. The number of ether oxygens (including phenoxy) is 1. The molecule has 1 aromatic rings. The highest BCUT2D eigenvalue weighted by molar-refractivity contribution is 7.85. The number of aromatic carboxylic acids is 1. The van der Waals surface area contributed by atoms with Gasteiger partial charge in [-0.25, -0.2) is 4.79 Å². The van der Waals surface area contributed by atoms with Gasteiger partial charge in [-0.05, 0) is 44.9 Å². The summed E-state index contributed by atoms with van der Waals surface area (Å²) in [6.45, 7) is 4.03. The molecule has 0 radical (unpaired) electrons. The van der Waals surface area contributed by atoms with E-state index in [0.29, 0.717) is 10.6 Å². The van der Waals surface area contributed by atoms with Crippen LogP contribution in [0.3, 0.4) is 0 Å². The molecule has 1 aliphatic heterocycles. The number of carboxylic acids is 1. The monoisotopic (exact) mass is 316 g/mol. The maximum absolute atomic E-state index is 12.3. The molecule has 0 bridgehead atoms. The molecule has 1 N–H and O–H groups in total. The van der Waals surface area contributed by atoms with Crippen LogP contribution in [0, 0.1) is 0 Å². The third-order valence-corrected chi connectivity index (χ3v) is 5.11. The van der Waals surface area contributed by atoms with Crippen molar-refractivity contribution in [2.45, 2.75) is 43.3 Å². The topological polar surface area (TPSA) is 63.6 Å². The van der Waals surface area contributed by atoms with E-state index in [4.69, 9.17) is 21.4 Å². The standard InChI is InChI=1S/C14H17ClO4S/c1-14(2)6-5-9(19-14)8-20(18)10-3-4-12(15)11(7-10)13(16)17/h3-4,7,9H,5-6,8H2,1-2H3,(H,16,17). The normalized spacial score (nSPS) is 22.6. The van der Waals surface area contributed by atoms with Gasteiger partial charge in [0.25, 0.3) is 0 Å². The molecule has 1 heterocycles. The highest BCUT2D eigenvalue weighted by Gasteiger charge is 2.32. The molecule has 1 aliphatic rings. The van der Waals surface area contributed by atoms with E-state index in [1.165, 1.54) is 12.1 Å². The van der Waals surface area contributed by atoms with Gasteiger partial charge in [0.2, 0.25) is 0 Å². The molecule has 0 amide bonds. The number of benzene rings is 1. The number of hydrogen-bond acceptors (Lipinski definition) is 3. The van der Waals surface area contributed by atoms with Gasteiger partial charge >= 0.3 is 5.97 Å². The molecule has 2 atom stereocenters. The van der Waals surface area contributed by atoms with Crippen molar-refractivity contribution in [2.75, 3.05) is 5.75 Å². The van der Waals surface area contributed by atoms with Gasteiger partial charge in [-0.1, -0.05) is 11.6 Å². The maximum Gasteiger partial charge on any atom is 0.337 e. The van der Waals surface area contributed by atoms with E-state index in [-0.39, 0.29) is 22.3 Å². The van der Waals surface area contributed by atoms with Crippen LogP contribution in [0.5, 0.6) is 0 Å². The minimum absolute atomic E-state index is 0.0230. The maximum atomic E-state index is 12.3. The highest BCUT2D eigenvalue weighted by Crippen LogP contribution is 2.30. The fraction of sp³-hybridized carbons (Fsp3) is 0.500.